The lowest BCUT2D eigenvalue weighted by Gasteiger charge is -2.10. The monoisotopic (exact) mass is 243 g/mol. The van der Waals surface area contributed by atoms with Crippen LogP contribution in [0.15, 0.2) is 0 Å². The van der Waals surface area contributed by atoms with Crippen molar-refractivity contribution < 1.29 is 19.4 Å². The van der Waals surface area contributed by atoms with Crippen molar-refractivity contribution in [2.45, 2.75) is 57.7 Å². The van der Waals surface area contributed by atoms with Crippen LogP contribution in [0.5, 0.6) is 0 Å². The van der Waals surface area contributed by atoms with E-state index in [9.17, 15) is 9.59 Å². The maximum atomic E-state index is 11.4. The van der Waals surface area contributed by atoms with E-state index in [0.29, 0.717) is 25.5 Å². The Morgan fingerprint density at radius 3 is 2.71 bits per heavy atom. The Labute approximate surface area is 102 Å². The van der Waals surface area contributed by atoms with Crippen LogP contribution in [0.25, 0.3) is 0 Å². The van der Waals surface area contributed by atoms with Crippen LogP contribution in [0.2, 0.25) is 0 Å². The van der Waals surface area contributed by atoms with Gasteiger partial charge in [-0.05, 0) is 32.6 Å². The summed E-state index contributed by atoms with van der Waals surface area (Å²) in [4.78, 5) is 21.7. The van der Waals surface area contributed by atoms with E-state index in [2.05, 4.69) is 5.32 Å². The van der Waals surface area contributed by atoms with Crippen LogP contribution in [-0.4, -0.2) is 35.7 Å². The van der Waals surface area contributed by atoms with Gasteiger partial charge in [0.15, 0.2) is 0 Å². The predicted molar refractivity (Wildman–Crippen MR) is 62.7 cm³/mol. The molecule has 0 saturated carbocycles. The number of aliphatic carboxylic acids is 1. The van der Waals surface area contributed by atoms with E-state index in [0.717, 1.165) is 19.3 Å². The molecule has 0 aromatic rings. The Morgan fingerprint density at radius 2 is 2.12 bits per heavy atom. The van der Waals surface area contributed by atoms with Gasteiger partial charge in [-0.2, -0.15) is 0 Å². The van der Waals surface area contributed by atoms with Gasteiger partial charge in [-0.15, -0.1) is 0 Å². The molecule has 1 aliphatic rings. The molecule has 0 aliphatic carbocycles. The van der Waals surface area contributed by atoms with E-state index in [1.165, 1.54) is 0 Å². The lowest BCUT2D eigenvalue weighted by Crippen LogP contribution is -2.25. The summed E-state index contributed by atoms with van der Waals surface area (Å²) in [6.07, 6.45) is 4.45. The molecule has 0 unspecified atom stereocenters. The molecule has 0 aromatic carbocycles. The highest BCUT2D eigenvalue weighted by molar-refractivity contribution is 5.75. The Hall–Kier alpha value is -1.10. The second-order valence-corrected chi connectivity index (χ2v) is 4.53. The third-order valence-electron chi connectivity index (χ3n) is 2.90. The molecule has 0 bridgehead atoms. The Kier molecular flexibility index (Phi) is 5.97. The minimum Gasteiger partial charge on any atom is -0.481 e. The summed E-state index contributed by atoms with van der Waals surface area (Å²) in [5, 5.41) is 11.1. The van der Waals surface area contributed by atoms with E-state index >= 15 is 0 Å². The summed E-state index contributed by atoms with van der Waals surface area (Å²) < 4.78 is 5.61. The molecular weight excluding hydrogens is 222 g/mol. The van der Waals surface area contributed by atoms with Gasteiger partial charge in [0.05, 0.1) is 12.2 Å². The molecule has 1 rings (SSSR count). The number of nitrogens with one attached hydrogen (secondary N) is 1. The van der Waals surface area contributed by atoms with Crippen LogP contribution in [0.4, 0.5) is 0 Å². The lowest BCUT2D eigenvalue weighted by atomic mass is 10.1. The van der Waals surface area contributed by atoms with E-state index in [4.69, 9.17) is 9.84 Å². The van der Waals surface area contributed by atoms with Gasteiger partial charge in [-0.1, -0.05) is 0 Å². The van der Waals surface area contributed by atoms with Crippen molar-refractivity contribution in [1.82, 2.24) is 5.32 Å². The molecule has 0 radical (unpaired) electrons. The summed E-state index contributed by atoms with van der Waals surface area (Å²) in [7, 11) is 0. The number of carbonyl (C=O) groups excluding carboxylic acids is 1. The number of amides is 1. The van der Waals surface area contributed by atoms with Gasteiger partial charge in [0.25, 0.3) is 0 Å². The predicted octanol–water partition coefficient (Wildman–Crippen LogP) is 1.32. The molecule has 1 amide bonds. The first-order valence-corrected chi connectivity index (χ1v) is 6.22. The largest absolute Gasteiger partial charge is 0.481 e. The van der Waals surface area contributed by atoms with Gasteiger partial charge < -0.3 is 15.2 Å². The van der Waals surface area contributed by atoms with Crippen molar-refractivity contribution in [3.63, 3.8) is 0 Å². The van der Waals surface area contributed by atoms with Gasteiger partial charge in [0.1, 0.15) is 0 Å². The van der Waals surface area contributed by atoms with Crippen LogP contribution in [0.3, 0.4) is 0 Å². The SMILES string of the molecule is C[C@H]1CC[C@@H](CCC(=O)NCCCC(=O)O)O1. The van der Waals surface area contributed by atoms with Crippen LogP contribution in [-0.2, 0) is 14.3 Å². The smallest absolute Gasteiger partial charge is 0.303 e. The topological polar surface area (TPSA) is 75.6 Å². The van der Waals surface area contributed by atoms with E-state index in [-0.39, 0.29) is 18.4 Å². The average Bonchev–Trinajstić information content (AvgIpc) is 2.67. The van der Waals surface area contributed by atoms with Crippen LogP contribution < -0.4 is 5.32 Å². The van der Waals surface area contributed by atoms with Crippen LogP contribution in [0, 0.1) is 0 Å². The van der Waals surface area contributed by atoms with Crippen molar-refractivity contribution in [2.24, 2.45) is 0 Å². The van der Waals surface area contributed by atoms with Crippen molar-refractivity contribution in [3.8, 4) is 0 Å². The molecule has 0 spiro atoms. The number of hydrogen-bond donors (Lipinski definition) is 2. The Balaban J connectivity index is 1.99. The molecule has 0 aromatic heterocycles. The fraction of sp³-hybridized carbons (Fsp3) is 0.833. The molecular formula is C12H21NO4. The Bertz CT molecular complexity index is 267. The third kappa shape index (κ3) is 6.26. The van der Waals surface area contributed by atoms with E-state index in [1.54, 1.807) is 0 Å². The number of carbonyl (C=O) groups is 2. The quantitative estimate of drug-likeness (QED) is 0.661. The molecule has 2 atom stereocenters. The highest BCUT2D eigenvalue weighted by Gasteiger charge is 2.21. The zero-order valence-electron chi connectivity index (χ0n) is 10.3. The number of hydrogen-bond acceptors (Lipinski definition) is 3. The minimum atomic E-state index is -0.826. The standard InChI is InChI=1S/C12H21NO4/c1-9-4-5-10(17-9)6-7-11(14)13-8-2-3-12(15)16/h9-10H,2-8H2,1H3,(H,13,14)(H,15,16)/t9-,10-/m0/s1. The van der Waals surface area contributed by atoms with Crippen LogP contribution >= 0.6 is 0 Å². The summed E-state index contributed by atoms with van der Waals surface area (Å²) in [5.41, 5.74) is 0. The summed E-state index contributed by atoms with van der Waals surface area (Å²) in [6.45, 7) is 2.49. The van der Waals surface area contributed by atoms with Crippen molar-refractivity contribution in [2.75, 3.05) is 6.54 Å². The molecule has 98 valence electrons. The molecule has 1 fully saturated rings. The summed E-state index contributed by atoms with van der Waals surface area (Å²) in [6, 6.07) is 0. The summed E-state index contributed by atoms with van der Waals surface area (Å²) in [5.74, 6) is -0.842. The fourth-order valence-corrected chi connectivity index (χ4v) is 1.95. The van der Waals surface area contributed by atoms with Crippen molar-refractivity contribution >= 4 is 11.9 Å². The number of carboxylic acid groups (broad SMARTS) is 1. The van der Waals surface area contributed by atoms with Crippen LogP contribution in [0.1, 0.15) is 45.4 Å². The third-order valence-corrected chi connectivity index (χ3v) is 2.90. The maximum Gasteiger partial charge on any atom is 0.303 e. The average molecular weight is 243 g/mol. The Morgan fingerprint density at radius 1 is 1.35 bits per heavy atom. The van der Waals surface area contributed by atoms with Gasteiger partial charge in [-0.25, -0.2) is 0 Å². The number of rotatable bonds is 7. The first-order valence-electron chi connectivity index (χ1n) is 6.22. The molecule has 2 N–H and O–H groups in total. The molecule has 5 nitrogen and oxygen atoms in total. The van der Waals surface area contributed by atoms with Crippen molar-refractivity contribution in [3.05, 3.63) is 0 Å². The number of carboxylic acids is 1. The maximum absolute atomic E-state index is 11.4. The normalized spacial score (nSPS) is 23.6. The zero-order valence-corrected chi connectivity index (χ0v) is 10.3. The molecule has 5 heteroatoms. The minimum absolute atomic E-state index is 0.0152. The molecule has 17 heavy (non-hydrogen) atoms. The first-order chi connectivity index (χ1) is 8.08. The van der Waals surface area contributed by atoms with E-state index in [1.807, 2.05) is 6.92 Å². The van der Waals surface area contributed by atoms with Gasteiger partial charge in [0.2, 0.25) is 5.91 Å². The highest BCUT2D eigenvalue weighted by atomic mass is 16.5. The van der Waals surface area contributed by atoms with Gasteiger partial charge in [0, 0.05) is 19.4 Å². The lowest BCUT2D eigenvalue weighted by molar-refractivity contribution is -0.137. The second kappa shape index (κ2) is 7.27. The second-order valence-electron chi connectivity index (χ2n) is 4.53. The fourth-order valence-electron chi connectivity index (χ4n) is 1.95. The first kappa shape index (κ1) is 14.0. The van der Waals surface area contributed by atoms with Gasteiger partial charge in [-0.3, -0.25) is 9.59 Å². The van der Waals surface area contributed by atoms with Gasteiger partial charge >= 0.3 is 5.97 Å². The highest BCUT2D eigenvalue weighted by Crippen LogP contribution is 2.22. The molecule has 1 aliphatic heterocycles. The summed E-state index contributed by atoms with van der Waals surface area (Å²) >= 11 is 0. The zero-order chi connectivity index (χ0) is 12.7. The number of ether oxygens (including phenoxy) is 1. The van der Waals surface area contributed by atoms with Crippen molar-refractivity contribution in [1.29, 1.82) is 0 Å². The molecule has 1 heterocycles. The molecule has 1 saturated heterocycles. The van der Waals surface area contributed by atoms with E-state index < -0.39 is 5.97 Å².